The molecule has 2 rings (SSSR count). The number of nitrogens with zero attached hydrogens (tertiary/aromatic N) is 1. The van der Waals surface area contributed by atoms with Crippen molar-refractivity contribution in [2.45, 2.75) is 12.5 Å². The number of aliphatic hydroxyl groups is 1. The van der Waals surface area contributed by atoms with E-state index in [-0.39, 0.29) is 5.69 Å². The molecule has 1 N–H and O–H groups in total. The van der Waals surface area contributed by atoms with Crippen LogP contribution in [0.4, 0.5) is 5.69 Å². The average Bonchev–Trinajstić information content (AvgIpc) is 2.40. The maximum atomic E-state index is 10.6. The van der Waals surface area contributed by atoms with Crippen LogP contribution >= 0.6 is 0 Å². The molecule has 0 heterocycles. The van der Waals surface area contributed by atoms with Gasteiger partial charge in [0.25, 0.3) is 5.69 Å². The second-order valence-electron chi connectivity index (χ2n) is 4.24. The molecule has 92 valence electrons. The second-order valence-corrected chi connectivity index (χ2v) is 4.24. The maximum Gasteiger partial charge on any atom is 0.269 e. The molecule has 18 heavy (non-hydrogen) atoms. The van der Waals surface area contributed by atoms with E-state index in [9.17, 15) is 15.2 Å². The topological polar surface area (TPSA) is 63.4 Å². The second kappa shape index (κ2) is 4.58. The summed E-state index contributed by atoms with van der Waals surface area (Å²) in [5, 5.41) is 21.1. The predicted octanol–water partition coefficient (Wildman–Crippen LogP) is 2.85. The summed E-state index contributed by atoms with van der Waals surface area (Å²) in [5.41, 5.74) is 0.233. The van der Waals surface area contributed by atoms with E-state index in [0.717, 1.165) is 5.56 Å². The smallest absolute Gasteiger partial charge is 0.269 e. The molecule has 0 aliphatic rings. The first-order valence-electron chi connectivity index (χ1n) is 5.54. The van der Waals surface area contributed by atoms with Crippen molar-refractivity contribution in [1.29, 1.82) is 0 Å². The van der Waals surface area contributed by atoms with Crippen LogP contribution in [0.2, 0.25) is 0 Å². The molecule has 1 atom stereocenters. The van der Waals surface area contributed by atoms with E-state index >= 15 is 0 Å². The van der Waals surface area contributed by atoms with Crippen LogP contribution < -0.4 is 0 Å². The lowest BCUT2D eigenvalue weighted by Gasteiger charge is -2.24. The first-order valence-corrected chi connectivity index (χ1v) is 5.54. The summed E-state index contributed by atoms with van der Waals surface area (Å²) in [6.07, 6.45) is 0. The van der Waals surface area contributed by atoms with Gasteiger partial charge < -0.3 is 5.11 Å². The summed E-state index contributed by atoms with van der Waals surface area (Å²) in [6, 6.07) is 15.1. The lowest BCUT2D eigenvalue weighted by atomic mass is 9.88. The van der Waals surface area contributed by atoms with Gasteiger partial charge in [-0.05, 0) is 30.2 Å². The van der Waals surface area contributed by atoms with Gasteiger partial charge >= 0.3 is 0 Å². The van der Waals surface area contributed by atoms with Crippen molar-refractivity contribution >= 4 is 5.69 Å². The van der Waals surface area contributed by atoms with Crippen molar-refractivity contribution in [3.63, 3.8) is 0 Å². The van der Waals surface area contributed by atoms with Crippen LogP contribution in [0.15, 0.2) is 54.6 Å². The van der Waals surface area contributed by atoms with E-state index in [1.807, 2.05) is 30.3 Å². The van der Waals surface area contributed by atoms with Crippen LogP contribution in [-0.2, 0) is 5.60 Å². The maximum absolute atomic E-state index is 10.6. The van der Waals surface area contributed by atoms with Crippen LogP contribution in [0.25, 0.3) is 0 Å². The van der Waals surface area contributed by atoms with Crippen molar-refractivity contribution in [2.75, 3.05) is 0 Å². The van der Waals surface area contributed by atoms with Crippen molar-refractivity contribution in [2.24, 2.45) is 0 Å². The highest BCUT2D eigenvalue weighted by Crippen LogP contribution is 2.29. The molecule has 0 bridgehead atoms. The SMILES string of the molecule is C[C@@](O)(c1ccccc1)c1ccc([N+](=O)[O-])cc1. The number of hydrogen-bond acceptors (Lipinski definition) is 3. The monoisotopic (exact) mass is 243 g/mol. The van der Waals surface area contributed by atoms with Crippen LogP contribution in [0.1, 0.15) is 18.1 Å². The molecule has 0 spiro atoms. The van der Waals surface area contributed by atoms with E-state index in [0.29, 0.717) is 5.56 Å². The Kier molecular flexibility index (Phi) is 3.12. The van der Waals surface area contributed by atoms with E-state index in [1.165, 1.54) is 12.1 Å². The van der Waals surface area contributed by atoms with Crippen molar-refractivity contribution in [3.8, 4) is 0 Å². The third-order valence-corrected chi connectivity index (χ3v) is 2.98. The molecule has 0 saturated carbocycles. The molecule has 0 fully saturated rings. The van der Waals surface area contributed by atoms with Gasteiger partial charge in [-0.25, -0.2) is 0 Å². The summed E-state index contributed by atoms with van der Waals surface area (Å²) in [4.78, 5) is 10.1. The van der Waals surface area contributed by atoms with Crippen molar-refractivity contribution in [3.05, 3.63) is 75.8 Å². The Morgan fingerprint density at radius 1 is 1.00 bits per heavy atom. The molecule has 2 aromatic rings. The highest BCUT2D eigenvalue weighted by Gasteiger charge is 2.25. The minimum atomic E-state index is -1.16. The van der Waals surface area contributed by atoms with Gasteiger partial charge in [-0.1, -0.05) is 30.3 Å². The Bertz CT molecular complexity index is 547. The molecule has 0 amide bonds. The first kappa shape index (κ1) is 12.3. The van der Waals surface area contributed by atoms with Gasteiger partial charge in [0.05, 0.1) is 4.92 Å². The minimum Gasteiger partial charge on any atom is -0.381 e. The zero-order valence-corrected chi connectivity index (χ0v) is 9.91. The summed E-state index contributed by atoms with van der Waals surface area (Å²) in [6.45, 7) is 1.67. The van der Waals surface area contributed by atoms with Gasteiger partial charge in [-0.3, -0.25) is 10.1 Å². The lowest BCUT2D eigenvalue weighted by Crippen LogP contribution is -2.22. The zero-order valence-electron chi connectivity index (χ0n) is 9.91. The predicted molar refractivity (Wildman–Crippen MR) is 68.2 cm³/mol. The van der Waals surface area contributed by atoms with Crippen LogP contribution in [0.5, 0.6) is 0 Å². The Labute approximate surface area is 105 Å². The van der Waals surface area contributed by atoms with Gasteiger partial charge in [0.15, 0.2) is 0 Å². The fourth-order valence-corrected chi connectivity index (χ4v) is 1.84. The normalized spacial score (nSPS) is 13.9. The summed E-state index contributed by atoms with van der Waals surface area (Å²) in [5.74, 6) is 0. The third kappa shape index (κ3) is 2.24. The first-order chi connectivity index (χ1) is 8.51. The molecule has 0 aliphatic heterocycles. The number of nitro groups is 1. The van der Waals surface area contributed by atoms with Crippen LogP contribution in [0, 0.1) is 10.1 Å². The van der Waals surface area contributed by atoms with Gasteiger partial charge in [0, 0.05) is 12.1 Å². The molecule has 0 unspecified atom stereocenters. The number of non-ortho nitro benzene ring substituents is 1. The molecular formula is C14H13NO3. The quantitative estimate of drug-likeness (QED) is 0.666. The molecule has 4 heteroatoms. The van der Waals surface area contributed by atoms with E-state index in [1.54, 1.807) is 19.1 Å². The molecule has 0 aromatic heterocycles. The van der Waals surface area contributed by atoms with Crippen LogP contribution in [-0.4, -0.2) is 10.0 Å². The van der Waals surface area contributed by atoms with E-state index < -0.39 is 10.5 Å². The Morgan fingerprint density at radius 2 is 1.50 bits per heavy atom. The van der Waals surface area contributed by atoms with Crippen molar-refractivity contribution in [1.82, 2.24) is 0 Å². The number of nitro benzene ring substituents is 1. The van der Waals surface area contributed by atoms with E-state index in [2.05, 4.69) is 0 Å². The van der Waals surface area contributed by atoms with Crippen molar-refractivity contribution < 1.29 is 10.0 Å². The Balaban J connectivity index is 2.39. The molecule has 4 nitrogen and oxygen atoms in total. The summed E-state index contributed by atoms with van der Waals surface area (Å²) >= 11 is 0. The van der Waals surface area contributed by atoms with Gasteiger partial charge in [0.1, 0.15) is 5.60 Å². The molecule has 2 aromatic carbocycles. The molecule has 0 radical (unpaired) electrons. The fourth-order valence-electron chi connectivity index (χ4n) is 1.84. The molecule has 0 aliphatic carbocycles. The average molecular weight is 243 g/mol. The summed E-state index contributed by atoms with van der Waals surface area (Å²) < 4.78 is 0. The van der Waals surface area contributed by atoms with Gasteiger partial charge in [-0.2, -0.15) is 0 Å². The van der Waals surface area contributed by atoms with E-state index in [4.69, 9.17) is 0 Å². The fraction of sp³-hybridized carbons (Fsp3) is 0.143. The molecule has 0 saturated heterocycles. The number of rotatable bonds is 3. The zero-order chi connectivity index (χ0) is 13.2. The third-order valence-electron chi connectivity index (χ3n) is 2.98. The van der Waals surface area contributed by atoms with Gasteiger partial charge in [0.2, 0.25) is 0 Å². The molecular weight excluding hydrogens is 230 g/mol. The largest absolute Gasteiger partial charge is 0.381 e. The minimum absolute atomic E-state index is 0.0163. The van der Waals surface area contributed by atoms with Gasteiger partial charge in [-0.15, -0.1) is 0 Å². The Hall–Kier alpha value is -2.20. The highest BCUT2D eigenvalue weighted by atomic mass is 16.6. The lowest BCUT2D eigenvalue weighted by molar-refractivity contribution is -0.384. The van der Waals surface area contributed by atoms with Crippen LogP contribution in [0.3, 0.4) is 0 Å². The number of hydrogen-bond donors (Lipinski definition) is 1. The highest BCUT2D eigenvalue weighted by molar-refractivity contribution is 5.40. The summed E-state index contributed by atoms with van der Waals surface area (Å²) in [7, 11) is 0. The Morgan fingerprint density at radius 3 is 2.00 bits per heavy atom. The standard InChI is InChI=1S/C14H13NO3/c1-14(16,11-5-3-2-4-6-11)12-7-9-13(10-8-12)15(17)18/h2-10,16H,1H3/t14-/m1/s1. The number of benzene rings is 2.